The van der Waals surface area contributed by atoms with Crippen LogP contribution in [0.5, 0.6) is 5.75 Å². The molecule has 0 radical (unpaired) electrons. The maximum atomic E-state index is 11.0. The second kappa shape index (κ2) is 6.95. The van der Waals surface area contributed by atoms with Crippen molar-refractivity contribution >= 4 is 17.7 Å². The number of aromatic hydroxyl groups is 1. The summed E-state index contributed by atoms with van der Waals surface area (Å²) in [6.45, 7) is 2.16. The lowest BCUT2D eigenvalue weighted by Crippen LogP contribution is -1.98. The van der Waals surface area contributed by atoms with E-state index in [2.05, 4.69) is 0 Å². The van der Waals surface area contributed by atoms with Crippen molar-refractivity contribution < 1.29 is 14.6 Å². The number of hydrogen-bond donors (Lipinski definition) is 1. The van der Waals surface area contributed by atoms with Crippen molar-refractivity contribution in [2.75, 3.05) is 12.4 Å². The van der Waals surface area contributed by atoms with E-state index in [9.17, 15) is 9.90 Å². The standard InChI is InChI=1S/C12H14O3S/c1-2-15-12(14)7-4-8-16-11-6-3-5-10(13)9-11/h3-7,9,13H,2,8H2,1H3/b7-4+. The summed E-state index contributed by atoms with van der Waals surface area (Å²) in [6, 6.07) is 7.00. The smallest absolute Gasteiger partial charge is 0.330 e. The Morgan fingerprint density at radius 2 is 2.38 bits per heavy atom. The molecule has 0 unspecified atom stereocenters. The molecule has 0 aliphatic carbocycles. The maximum absolute atomic E-state index is 11.0. The number of carbonyl (C=O) groups is 1. The average molecular weight is 238 g/mol. The lowest BCUT2D eigenvalue weighted by atomic mass is 10.3. The molecule has 16 heavy (non-hydrogen) atoms. The van der Waals surface area contributed by atoms with Crippen LogP contribution in [0.25, 0.3) is 0 Å². The topological polar surface area (TPSA) is 46.5 Å². The summed E-state index contributed by atoms with van der Waals surface area (Å²) in [5.41, 5.74) is 0. The van der Waals surface area contributed by atoms with Crippen molar-refractivity contribution in [1.82, 2.24) is 0 Å². The van der Waals surface area contributed by atoms with Crippen LogP contribution in [0, 0.1) is 0 Å². The number of benzene rings is 1. The zero-order valence-corrected chi connectivity index (χ0v) is 9.87. The van der Waals surface area contributed by atoms with Gasteiger partial charge in [-0.15, -0.1) is 11.8 Å². The summed E-state index contributed by atoms with van der Waals surface area (Å²) in [5, 5.41) is 9.22. The van der Waals surface area contributed by atoms with Crippen LogP contribution in [0.4, 0.5) is 0 Å². The molecule has 0 spiro atoms. The molecule has 0 saturated heterocycles. The zero-order chi connectivity index (χ0) is 11.8. The molecular weight excluding hydrogens is 224 g/mol. The van der Waals surface area contributed by atoms with Crippen LogP contribution in [-0.4, -0.2) is 23.4 Å². The molecular formula is C12H14O3S. The molecule has 1 aromatic carbocycles. The van der Waals surface area contributed by atoms with E-state index in [1.165, 1.54) is 6.08 Å². The molecule has 0 aromatic heterocycles. The van der Waals surface area contributed by atoms with Crippen LogP contribution in [0.3, 0.4) is 0 Å². The van der Waals surface area contributed by atoms with Gasteiger partial charge in [-0.2, -0.15) is 0 Å². The van der Waals surface area contributed by atoms with Crippen molar-refractivity contribution in [3.63, 3.8) is 0 Å². The maximum Gasteiger partial charge on any atom is 0.330 e. The van der Waals surface area contributed by atoms with Crippen molar-refractivity contribution in [1.29, 1.82) is 0 Å². The predicted molar refractivity (Wildman–Crippen MR) is 64.6 cm³/mol. The van der Waals surface area contributed by atoms with E-state index >= 15 is 0 Å². The summed E-state index contributed by atoms with van der Waals surface area (Å²) < 4.78 is 4.74. The minimum Gasteiger partial charge on any atom is -0.508 e. The van der Waals surface area contributed by atoms with E-state index in [1.807, 2.05) is 6.07 Å². The van der Waals surface area contributed by atoms with E-state index < -0.39 is 0 Å². The fraction of sp³-hybridized carbons (Fsp3) is 0.250. The minimum absolute atomic E-state index is 0.249. The summed E-state index contributed by atoms with van der Waals surface area (Å²) in [5.74, 6) is 0.598. The van der Waals surface area contributed by atoms with Gasteiger partial charge in [-0.05, 0) is 25.1 Å². The Labute approximate surface area is 99.1 Å². The van der Waals surface area contributed by atoms with Gasteiger partial charge in [0.15, 0.2) is 0 Å². The molecule has 0 aliphatic rings. The Morgan fingerprint density at radius 1 is 1.56 bits per heavy atom. The van der Waals surface area contributed by atoms with Crippen LogP contribution in [0.1, 0.15) is 6.92 Å². The number of rotatable bonds is 5. The normalized spacial score (nSPS) is 10.6. The van der Waals surface area contributed by atoms with E-state index in [0.29, 0.717) is 12.4 Å². The van der Waals surface area contributed by atoms with E-state index in [4.69, 9.17) is 4.74 Å². The van der Waals surface area contributed by atoms with Gasteiger partial charge < -0.3 is 9.84 Å². The third-order valence-electron chi connectivity index (χ3n) is 1.70. The number of thioether (sulfide) groups is 1. The van der Waals surface area contributed by atoms with Crippen LogP contribution in [0.15, 0.2) is 41.3 Å². The fourth-order valence-corrected chi connectivity index (χ4v) is 1.82. The predicted octanol–water partition coefficient (Wildman–Crippen LogP) is 2.60. The fourth-order valence-electron chi connectivity index (χ4n) is 1.05. The molecule has 0 heterocycles. The Balaban J connectivity index is 2.33. The SMILES string of the molecule is CCOC(=O)/C=C/CSc1cccc(O)c1. The van der Waals surface area contributed by atoms with Crippen LogP contribution in [-0.2, 0) is 9.53 Å². The second-order valence-corrected chi connectivity index (χ2v) is 4.06. The third kappa shape index (κ3) is 4.89. The Morgan fingerprint density at radius 3 is 3.06 bits per heavy atom. The molecule has 86 valence electrons. The first kappa shape index (κ1) is 12.6. The molecule has 0 bridgehead atoms. The van der Waals surface area contributed by atoms with Gasteiger partial charge in [0, 0.05) is 16.7 Å². The molecule has 3 nitrogen and oxygen atoms in total. The van der Waals surface area contributed by atoms with Gasteiger partial charge >= 0.3 is 5.97 Å². The Hall–Kier alpha value is -1.42. The first-order valence-electron chi connectivity index (χ1n) is 4.97. The summed E-state index contributed by atoms with van der Waals surface area (Å²) in [4.78, 5) is 11.9. The van der Waals surface area contributed by atoms with Gasteiger partial charge in [-0.1, -0.05) is 12.1 Å². The van der Waals surface area contributed by atoms with Crippen LogP contribution < -0.4 is 0 Å². The minimum atomic E-state index is -0.320. The molecule has 1 rings (SSSR count). The number of ether oxygens (including phenoxy) is 1. The highest BCUT2D eigenvalue weighted by molar-refractivity contribution is 7.99. The molecule has 0 amide bonds. The first-order chi connectivity index (χ1) is 7.72. The average Bonchev–Trinajstić information content (AvgIpc) is 2.25. The third-order valence-corrected chi connectivity index (χ3v) is 2.65. The number of carbonyl (C=O) groups excluding carboxylic acids is 1. The molecule has 1 N–H and O–H groups in total. The summed E-state index contributed by atoms with van der Waals surface area (Å²) in [6.07, 6.45) is 3.16. The largest absolute Gasteiger partial charge is 0.508 e. The monoisotopic (exact) mass is 238 g/mol. The Kier molecular flexibility index (Phi) is 5.50. The first-order valence-corrected chi connectivity index (χ1v) is 5.96. The molecule has 4 heteroatoms. The highest BCUT2D eigenvalue weighted by atomic mass is 32.2. The second-order valence-electron chi connectivity index (χ2n) is 2.96. The number of phenols is 1. The number of esters is 1. The van der Waals surface area contributed by atoms with Crippen LogP contribution in [0.2, 0.25) is 0 Å². The van der Waals surface area contributed by atoms with Gasteiger partial charge in [0.05, 0.1) is 6.61 Å². The molecule has 1 aromatic rings. The van der Waals surface area contributed by atoms with E-state index in [0.717, 1.165) is 4.90 Å². The van der Waals surface area contributed by atoms with Gasteiger partial charge in [0.25, 0.3) is 0 Å². The Bertz CT molecular complexity index is 374. The van der Waals surface area contributed by atoms with E-state index in [-0.39, 0.29) is 11.7 Å². The highest BCUT2D eigenvalue weighted by Gasteiger charge is 1.95. The number of hydrogen-bond acceptors (Lipinski definition) is 4. The highest BCUT2D eigenvalue weighted by Crippen LogP contribution is 2.21. The van der Waals surface area contributed by atoms with Gasteiger partial charge in [-0.25, -0.2) is 4.79 Å². The molecule has 0 fully saturated rings. The number of phenolic OH excluding ortho intramolecular Hbond substituents is 1. The lowest BCUT2D eigenvalue weighted by molar-refractivity contribution is -0.137. The van der Waals surface area contributed by atoms with E-state index in [1.54, 1.807) is 43.0 Å². The van der Waals surface area contributed by atoms with Crippen molar-refractivity contribution in [3.05, 3.63) is 36.4 Å². The zero-order valence-electron chi connectivity index (χ0n) is 9.05. The molecule has 0 saturated carbocycles. The van der Waals surface area contributed by atoms with Crippen LogP contribution >= 0.6 is 11.8 Å². The quantitative estimate of drug-likeness (QED) is 0.486. The summed E-state index contributed by atoms with van der Waals surface area (Å²) >= 11 is 1.54. The summed E-state index contributed by atoms with van der Waals surface area (Å²) in [7, 11) is 0. The van der Waals surface area contributed by atoms with Crippen molar-refractivity contribution in [2.24, 2.45) is 0 Å². The lowest BCUT2D eigenvalue weighted by Gasteiger charge is -1.98. The van der Waals surface area contributed by atoms with Gasteiger partial charge in [0.1, 0.15) is 5.75 Å². The molecule has 0 aliphatic heterocycles. The van der Waals surface area contributed by atoms with Crippen molar-refractivity contribution in [3.8, 4) is 5.75 Å². The molecule has 0 atom stereocenters. The van der Waals surface area contributed by atoms with Crippen molar-refractivity contribution in [2.45, 2.75) is 11.8 Å². The van der Waals surface area contributed by atoms with Gasteiger partial charge in [0.2, 0.25) is 0 Å². The van der Waals surface area contributed by atoms with Gasteiger partial charge in [-0.3, -0.25) is 0 Å².